The molecule has 1 aliphatic carbocycles. The van der Waals surface area contributed by atoms with Crippen molar-refractivity contribution in [3.63, 3.8) is 0 Å². The van der Waals surface area contributed by atoms with E-state index >= 15 is 0 Å². The fraction of sp³-hybridized carbons (Fsp3) is 0.438. The fourth-order valence-electron chi connectivity index (χ4n) is 2.33. The number of rotatable bonds is 7. The van der Waals surface area contributed by atoms with E-state index in [1.165, 1.54) is 11.8 Å². The maximum absolute atomic E-state index is 12.5. The number of hydrogen-bond acceptors (Lipinski definition) is 5. The van der Waals surface area contributed by atoms with E-state index in [-0.39, 0.29) is 11.9 Å². The average molecular weight is 350 g/mol. The molecule has 1 fully saturated rings. The number of nitrogens with zero attached hydrogens (tertiary/aromatic N) is 2. The van der Waals surface area contributed by atoms with Crippen molar-refractivity contribution >= 4 is 45.2 Å². The van der Waals surface area contributed by atoms with Crippen molar-refractivity contribution in [2.45, 2.75) is 30.1 Å². The molecule has 2 aromatic rings. The van der Waals surface area contributed by atoms with Crippen molar-refractivity contribution in [3.05, 3.63) is 24.3 Å². The van der Waals surface area contributed by atoms with Gasteiger partial charge in [0.1, 0.15) is 0 Å². The Labute approximate surface area is 142 Å². The summed E-state index contributed by atoms with van der Waals surface area (Å²) in [5.74, 6) is -1.08. The van der Waals surface area contributed by atoms with E-state index in [0.29, 0.717) is 12.3 Å². The summed E-state index contributed by atoms with van der Waals surface area (Å²) in [6.45, 7) is 1.94. The SMILES string of the molecule is CC(CN(C(=O)CSc1nc2ccccc2s1)C1CC1)C(=O)O. The quantitative estimate of drug-likeness (QED) is 0.777. The number of fused-ring (bicyclic) bond motifs is 1. The number of aliphatic carboxylic acids is 1. The number of carboxylic acid groups (broad SMARTS) is 1. The average Bonchev–Trinajstić information content (AvgIpc) is 3.28. The van der Waals surface area contributed by atoms with E-state index in [1.807, 2.05) is 24.3 Å². The van der Waals surface area contributed by atoms with Crippen molar-refractivity contribution in [3.8, 4) is 0 Å². The first kappa shape index (κ1) is 16.3. The highest BCUT2D eigenvalue weighted by atomic mass is 32.2. The highest BCUT2D eigenvalue weighted by molar-refractivity contribution is 8.01. The Bertz CT molecular complexity index is 694. The van der Waals surface area contributed by atoms with Crippen LogP contribution in [0.3, 0.4) is 0 Å². The first-order valence-corrected chi connectivity index (χ1v) is 9.35. The van der Waals surface area contributed by atoms with Crippen molar-refractivity contribution in [1.82, 2.24) is 9.88 Å². The Kier molecular flexibility index (Phi) is 4.87. The molecular weight excluding hydrogens is 332 g/mol. The van der Waals surface area contributed by atoms with Crippen LogP contribution < -0.4 is 0 Å². The highest BCUT2D eigenvalue weighted by Crippen LogP contribution is 2.32. The fourth-order valence-corrected chi connectivity index (χ4v) is 4.29. The molecule has 0 radical (unpaired) electrons. The number of benzene rings is 1. The number of amides is 1. The number of hydrogen-bond donors (Lipinski definition) is 1. The lowest BCUT2D eigenvalue weighted by molar-refractivity contribution is -0.142. The summed E-state index contributed by atoms with van der Waals surface area (Å²) in [7, 11) is 0. The summed E-state index contributed by atoms with van der Waals surface area (Å²) in [5, 5.41) is 9.05. The topological polar surface area (TPSA) is 70.5 Å². The Morgan fingerprint density at radius 1 is 1.43 bits per heavy atom. The number of thiazole rings is 1. The normalized spacial score (nSPS) is 15.5. The monoisotopic (exact) mass is 350 g/mol. The molecule has 0 spiro atoms. The van der Waals surface area contributed by atoms with Gasteiger partial charge in [0.15, 0.2) is 4.34 Å². The predicted molar refractivity (Wildman–Crippen MR) is 91.9 cm³/mol. The molecule has 1 atom stereocenters. The van der Waals surface area contributed by atoms with Crippen LogP contribution in [0.25, 0.3) is 10.2 Å². The first-order chi connectivity index (χ1) is 11.0. The molecule has 0 bridgehead atoms. The van der Waals surface area contributed by atoms with Gasteiger partial charge in [0, 0.05) is 12.6 Å². The largest absolute Gasteiger partial charge is 0.481 e. The van der Waals surface area contributed by atoms with Gasteiger partial charge in [0.25, 0.3) is 0 Å². The smallest absolute Gasteiger partial charge is 0.308 e. The minimum Gasteiger partial charge on any atom is -0.481 e. The molecule has 1 amide bonds. The Morgan fingerprint density at radius 2 is 2.17 bits per heavy atom. The molecule has 3 rings (SSSR count). The maximum Gasteiger partial charge on any atom is 0.308 e. The van der Waals surface area contributed by atoms with E-state index in [4.69, 9.17) is 5.11 Å². The highest BCUT2D eigenvalue weighted by Gasteiger charge is 2.34. The molecular formula is C16H18N2O3S2. The van der Waals surface area contributed by atoms with Crippen molar-refractivity contribution < 1.29 is 14.7 Å². The Balaban J connectivity index is 1.61. The molecule has 1 unspecified atom stereocenters. The van der Waals surface area contributed by atoms with Gasteiger partial charge in [-0.25, -0.2) is 4.98 Å². The summed E-state index contributed by atoms with van der Waals surface area (Å²) < 4.78 is 1.99. The third kappa shape index (κ3) is 4.03. The van der Waals surface area contributed by atoms with Gasteiger partial charge in [-0.1, -0.05) is 30.8 Å². The van der Waals surface area contributed by atoms with Crippen LogP contribution in [0.15, 0.2) is 28.6 Å². The van der Waals surface area contributed by atoms with Crippen molar-refractivity contribution in [2.75, 3.05) is 12.3 Å². The molecule has 0 saturated heterocycles. The van der Waals surface area contributed by atoms with Crippen LogP contribution in [-0.2, 0) is 9.59 Å². The maximum atomic E-state index is 12.5. The molecule has 0 aliphatic heterocycles. The summed E-state index contributed by atoms with van der Waals surface area (Å²) in [6, 6.07) is 8.12. The lowest BCUT2D eigenvalue weighted by Crippen LogP contribution is -2.39. The zero-order valence-electron chi connectivity index (χ0n) is 12.8. The number of carbonyl (C=O) groups is 2. The zero-order valence-corrected chi connectivity index (χ0v) is 14.4. The van der Waals surface area contributed by atoms with Crippen molar-refractivity contribution in [1.29, 1.82) is 0 Å². The predicted octanol–water partition coefficient (Wildman–Crippen LogP) is 3.10. The summed E-state index contributed by atoms with van der Waals surface area (Å²) in [5.41, 5.74) is 0.950. The van der Waals surface area contributed by atoms with E-state index in [2.05, 4.69) is 4.98 Å². The summed E-state index contributed by atoms with van der Waals surface area (Å²) in [6.07, 6.45) is 1.95. The second-order valence-electron chi connectivity index (χ2n) is 5.75. The number of thioether (sulfide) groups is 1. The van der Waals surface area contributed by atoms with Gasteiger partial charge in [-0.15, -0.1) is 11.3 Å². The van der Waals surface area contributed by atoms with Crippen LogP contribution >= 0.6 is 23.1 Å². The molecule has 1 aromatic carbocycles. The Hall–Kier alpha value is -1.60. The van der Waals surface area contributed by atoms with Crippen LogP contribution in [0.1, 0.15) is 19.8 Å². The van der Waals surface area contributed by atoms with Gasteiger partial charge in [-0.3, -0.25) is 9.59 Å². The van der Waals surface area contributed by atoms with E-state index in [0.717, 1.165) is 27.4 Å². The Morgan fingerprint density at radius 3 is 2.83 bits per heavy atom. The van der Waals surface area contributed by atoms with E-state index in [1.54, 1.807) is 23.2 Å². The van der Waals surface area contributed by atoms with Gasteiger partial charge in [0.05, 0.1) is 21.9 Å². The number of carboxylic acids is 1. The first-order valence-electron chi connectivity index (χ1n) is 7.55. The molecule has 122 valence electrons. The van der Waals surface area contributed by atoms with Crippen molar-refractivity contribution in [2.24, 2.45) is 5.92 Å². The van der Waals surface area contributed by atoms with Gasteiger partial charge in [0.2, 0.25) is 5.91 Å². The second-order valence-corrected chi connectivity index (χ2v) is 8.01. The molecule has 5 nitrogen and oxygen atoms in total. The third-order valence-corrected chi connectivity index (χ3v) is 5.96. The van der Waals surface area contributed by atoms with Gasteiger partial charge in [-0.05, 0) is 25.0 Å². The lowest BCUT2D eigenvalue weighted by Gasteiger charge is -2.24. The minimum absolute atomic E-state index is 0.00450. The third-order valence-electron chi connectivity index (χ3n) is 3.79. The van der Waals surface area contributed by atoms with Gasteiger partial charge >= 0.3 is 5.97 Å². The molecule has 1 N–H and O–H groups in total. The van der Waals surface area contributed by atoms with Gasteiger partial charge in [-0.2, -0.15) is 0 Å². The number of aromatic nitrogens is 1. The minimum atomic E-state index is -0.859. The summed E-state index contributed by atoms with van der Waals surface area (Å²) in [4.78, 5) is 29.7. The molecule has 1 aliphatic rings. The number of carbonyl (C=O) groups excluding carboxylic acids is 1. The van der Waals surface area contributed by atoms with Crippen LogP contribution in [0.4, 0.5) is 0 Å². The van der Waals surface area contributed by atoms with Crippen LogP contribution in [-0.4, -0.2) is 45.2 Å². The van der Waals surface area contributed by atoms with Crippen LogP contribution in [0, 0.1) is 5.92 Å². The zero-order chi connectivity index (χ0) is 16.4. The van der Waals surface area contributed by atoms with Gasteiger partial charge < -0.3 is 10.0 Å². The van der Waals surface area contributed by atoms with Crippen LogP contribution in [0.2, 0.25) is 0 Å². The molecule has 23 heavy (non-hydrogen) atoms. The molecule has 1 heterocycles. The van der Waals surface area contributed by atoms with Crippen LogP contribution in [0.5, 0.6) is 0 Å². The second kappa shape index (κ2) is 6.88. The molecule has 7 heteroatoms. The molecule has 1 saturated carbocycles. The van der Waals surface area contributed by atoms with E-state index in [9.17, 15) is 9.59 Å². The number of para-hydroxylation sites is 1. The summed E-state index contributed by atoms with van der Waals surface area (Å²) >= 11 is 3.01. The standard InChI is InChI=1S/C16H18N2O3S2/c1-10(15(20)21)8-18(11-6-7-11)14(19)9-22-16-17-12-4-2-3-5-13(12)23-16/h2-5,10-11H,6-9H2,1H3,(H,20,21). The van der Waals surface area contributed by atoms with E-state index < -0.39 is 11.9 Å². The molecule has 1 aromatic heterocycles. The lowest BCUT2D eigenvalue weighted by atomic mass is 10.1.